The Labute approximate surface area is 155 Å². The highest BCUT2D eigenvalue weighted by atomic mass is 32.2. The molecule has 0 spiro atoms. The monoisotopic (exact) mass is 366 g/mol. The zero-order chi connectivity index (χ0) is 17.2. The number of nitriles is 1. The molecule has 4 nitrogen and oxygen atoms in total. The molecule has 1 fully saturated rings. The quantitative estimate of drug-likeness (QED) is 0.584. The predicted octanol–water partition coefficient (Wildman–Crippen LogP) is 4.88. The van der Waals surface area contributed by atoms with E-state index in [9.17, 15) is 5.26 Å². The molecule has 3 aromatic rings. The van der Waals surface area contributed by atoms with Crippen LogP contribution in [0.4, 0.5) is 0 Å². The second-order valence-corrected chi connectivity index (χ2v) is 8.43. The van der Waals surface area contributed by atoms with Gasteiger partial charge in [0.1, 0.15) is 5.25 Å². The molecule has 0 radical (unpaired) electrons. The summed E-state index contributed by atoms with van der Waals surface area (Å²) in [6, 6.07) is 15.4. The molecule has 0 aliphatic heterocycles. The van der Waals surface area contributed by atoms with Crippen molar-refractivity contribution in [2.45, 2.75) is 42.6 Å². The number of benzene rings is 1. The average molecular weight is 367 g/mol. The van der Waals surface area contributed by atoms with Crippen LogP contribution in [0, 0.1) is 18.3 Å². The summed E-state index contributed by atoms with van der Waals surface area (Å²) in [6.07, 6.45) is 3.05. The molecule has 4 rings (SSSR count). The summed E-state index contributed by atoms with van der Waals surface area (Å²) in [6.45, 7) is 2.07. The van der Waals surface area contributed by atoms with E-state index >= 15 is 0 Å². The first kappa shape index (κ1) is 16.4. The topological polar surface area (TPSA) is 54.5 Å². The van der Waals surface area contributed by atoms with Crippen LogP contribution in [-0.4, -0.2) is 20.0 Å². The van der Waals surface area contributed by atoms with Crippen molar-refractivity contribution in [1.29, 1.82) is 5.26 Å². The van der Waals surface area contributed by atoms with Crippen LogP contribution in [0.3, 0.4) is 0 Å². The van der Waals surface area contributed by atoms with Crippen LogP contribution in [0.2, 0.25) is 0 Å². The molecule has 126 valence electrons. The third-order valence-corrected chi connectivity index (χ3v) is 6.16. The number of rotatable bonds is 6. The van der Waals surface area contributed by atoms with E-state index in [1.807, 2.05) is 6.07 Å². The standard InChI is InChI=1S/C19H18N4S2/c1-13-4-6-14(7-5-13)11-16(12-20)25-19-22-21-18(17-3-2-10-24-17)23(19)15-8-9-15/h2-7,10,15-16H,8-9,11H2,1H3/t16-/m1/s1. The molecule has 2 heterocycles. The average Bonchev–Trinajstić information content (AvgIpc) is 3.15. The SMILES string of the molecule is Cc1ccc(C[C@H](C#N)Sc2nnc(-c3cccs3)n2C2CC2)cc1. The molecule has 0 unspecified atom stereocenters. The molecule has 1 saturated carbocycles. The van der Waals surface area contributed by atoms with E-state index in [1.54, 1.807) is 11.3 Å². The Morgan fingerprint density at radius 1 is 1.28 bits per heavy atom. The molecule has 1 aliphatic carbocycles. The van der Waals surface area contributed by atoms with E-state index in [2.05, 4.69) is 63.5 Å². The van der Waals surface area contributed by atoms with Gasteiger partial charge >= 0.3 is 0 Å². The number of hydrogen-bond acceptors (Lipinski definition) is 5. The Bertz CT molecular complexity index is 887. The van der Waals surface area contributed by atoms with Crippen molar-refractivity contribution in [3.05, 3.63) is 52.9 Å². The van der Waals surface area contributed by atoms with Gasteiger partial charge in [0.2, 0.25) is 0 Å². The molecule has 0 bridgehead atoms. The number of thioether (sulfide) groups is 1. The van der Waals surface area contributed by atoms with Gasteiger partial charge in [0.25, 0.3) is 0 Å². The Morgan fingerprint density at radius 3 is 2.72 bits per heavy atom. The Morgan fingerprint density at radius 2 is 2.08 bits per heavy atom. The Balaban J connectivity index is 1.57. The first-order valence-corrected chi connectivity index (χ1v) is 10.1. The van der Waals surface area contributed by atoms with Gasteiger partial charge in [-0.15, -0.1) is 21.5 Å². The fourth-order valence-electron chi connectivity index (χ4n) is 2.77. The van der Waals surface area contributed by atoms with Gasteiger partial charge in [0.05, 0.1) is 10.9 Å². The van der Waals surface area contributed by atoms with Gasteiger partial charge in [0, 0.05) is 6.04 Å². The zero-order valence-corrected chi connectivity index (χ0v) is 15.6. The lowest BCUT2D eigenvalue weighted by Gasteiger charge is -2.11. The molecule has 2 aromatic heterocycles. The molecule has 0 saturated heterocycles. The van der Waals surface area contributed by atoms with Gasteiger partial charge in [-0.1, -0.05) is 47.7 Å². The van der Waals surface area contributed by atoms with Gasteiger partial charge < -0.3 is 0 Å². The van der Waals surface area contributed by atoms with E-state index in [0.29, 0.717) is 12.5 Å². The summed E-state index contributed by atoms with van der Waals surface area (Å²) in [4.78, 5) is 1.14. The van der Waals surface area contributed by atoms with Gasteiger partial charge in [-0.25, -0.2) is 0 Å². The number of hydrogen-bond donors (Lipinski definition) is 0. The first-order valence-electron chi connectivity index (χ1n) is 8.35. The van der Waals surface area contributed by atoms with E-state index in [-0.39, 0.29) is 5.25 Å². The fourth-order valence-corrected chi connectivity index (χ4v) is 4.50. The summed E-state index contributed by atoms with van der Waals surface area (Å²) in [7, 11) is 0. The van der Waals surface area contributed by atoms with Crippen LogP contribution in [0.5, 0.6) is 0 Å². The van der Waals surface area contributed by atoms with Crippen molar-refractivity contribution in [1.82, 2.24) is 14.8 Å². The van der Waals surface area contributed by atoms with Crippen LogP contribution in [0.15, 0.2) is 46.9 Å². The van der Waals surface area contributed by atoms with Gasteiger partial charge in [-0.05, 0) is 43.2 Å². The lowest BCUT2D eigenvalue weighted by atomic mass is 10.1. The molecule has 0 N–H and O–H groups in total. The second kappa shape index (κ2) is 7.03. The third-order valence-electron chi connectivity index (χ3n) is 4.25. The zero-order valence-electron chi connectivity index (χ0n) is 13.9. The summed E-state index contributed by atoms with van der Waals surface area (Å²) >= 11 is 3.21. The first-order chi connectivity index (χ1) is 12.2. The van der Waals surface area contributed by atoms with E-state index in [1.165, 1.54) is 35.7 Å². The highest BCUT2D eigenvalue weighted by molar-refractivity contribution is 8.00. The molecule has 25 heavy (non-hydrogen) atoms. The number of nitrogens with zero attached hydrogens (tertiary/aromatic N) is 4. The van der Waals surface area contributed by atoms with Crippen molar-refractivity contribution in [3.8, 4) is 16.8 Å². The minimum Gasteiger partial charge on any atom is -0.298 e. The molecule has 0 amide bonds. The molecule has 1 aliphatic rings. The Hall–Kier alpha value is -2.10. The fraction of sp³-hybridized carbons (Fsp3) is 0.316. The van der Waals surface area contributed by atoms with Crippen LogP contribution in [0.1, 0.15) is 30.0 Å². The molecular formula is C19H18N4S2. The lowest BCUT2D eigenvalue weighted by molar-refractivity contribution is 0.669. The highest BCUT2D eigenvalue weighted by Crippen LogP contribution is 2.42. The minimum absolute atomic E-state index is 0.166. The van der Waals surface area contributed by atoms with Crippen molar-refractivity contribution in [2.24, 2.45) is 0 Å². The summed E-state index contributed by atoms with van der Waals surface area (Å²) in [5, 5.41) is 21.2. The van der Waals surface area contributed by atoms with Crippen LogP contribution in [0.25, 0.3) is 10.7 Å². The summed E-state index contributed by atoms with van der Waals surface area (Å²) < 4.78 is 2.23. The number of aryl methyl sites for hydroxylation is 1. The number of thiophene rings is 1. The molecular weight excluding hydrogens is 348 g/mol. The smallest absolute Gasteiger partial charge is 0.193 e. The van der Waals surface area contributed by atoms with Crippen LogP contribution >= 0.6 is 23.1 Å². The lowest BCUT2D eigenvalue weighted by Crippen LogP contribution is -2.07. The van der Waals surface area contributed by atoms with Crippen molar-refractivity contribution < 1.29 is 0 Å². The summed E-state index contributed by atoms with van der Waals surface area (Å²) in [5.74, 6) is 0.937. The van der Waals surface area contributed by atoms with E-state index in [0.717, 1.165) is 15.9 Å². The second-order valence-electron chi connectivity index (χ2n) is 6.31. The van der Waals surface area contributed by atoms with E-state index in [4.69, 9.17) is 0 Å². The minimum atomic E-state index is -0.166. The van der Waals surface area contributed by atoms with Crippen LogP contribution < -0.4 is 0 Å². The van der Waals surface area contributed by atoms with Gasteiger partial charge in [0.15, 0.2) is 11.0 Å². The molecule has 1 atom stereocenters. The molecule has 1 aromatic carbocycles. The van der Waals surface area contributed by atoms with Crippen molar-refractivity contribution >= 4 is 23.1 Å². The normalized spacial score (nSPS) is 15.0. The van der Waals surface area contributed by atoms with E-state index < -0.39 is 0 Å². The maximum Gasteiger partial charge on any atom is 0.193 e. The maximum absolute atomic E-state index is 9.61. The Kier molecular flexibility index (Phi) is 4.60. The summed E-state index contributed by atoms with van der Waals surface area (Å²) in [5.41, 5.74) is 2.42. The number of aromatic nitrogens is 3. The molecule has 6 heteroatoms. The van der Waals surface area contributed by atoms with Crippen LogP contribution in [-0.2, 0) is 6.42 Å². The van der Waals surface area contributed by atoms with Crippen molar-refractivity contribution in [3.63, 3.8) is 0 Å². The maximum atomic E-state index is 9.61. The predicted molar refractivity (Wildman–Crippen MR) is 102 cm³/mol. The van der Waals surface area contributed by atoms with Gasteiger partial charge in [-0.2, -0.15) is 5.26 Å². The third kappa shape index (κ3) is 3.63. The van der Waals surface area contributed by atoms with Crippen molar-refractivity contribution in [2.75, 3.05) is 0 Å². The largest absolute Gasteiger partial charge is 0.298 e. The highest BCUT2D eigenvalue weighted by Gasteiger charge is 2.31. The van der Waals surface area contributed by atoms with Gasteiger partial charge in [-0.3, -0.25) is 4.57 Å².